The van der Waals surface area contributed by atoms with E-state index in [9.17, 15) is 9.59 Å². The van der Waals surface area contributed by atoms with Crippen molar-refractivity contribution in [2.75, 3.05) is 0 Å². The van der Waals surface area contributed by atoms with Crippen LogP contribution in [0.15, 0.2) is 99.0 Å². The molecular weight excluding hydrogens is 669 g/mol. The van der Waals surface area contributed by atoms with E-state index in [2.05, 4.69) is 47.4 Å². The van der Waals surface area contributed by atoms with Crippen LogP contribution in [0.3, 0.4) is 0 Å². The fourth-order valence-electron chi connectivity index (χ4n) is 3.98. The largest absolute Gasteiger partial charge is 0.422 e. The number of rotatable bonds is 6. The van der Waals surface area contributed by atoms with Crippen LogP contribution in [-0.4, -0.2) is 23.1 Å². The van der Waals surface area contributed by atoms with E-state index in [-0.39, 0.29) is 5.69 Å². The lowest BCUT2D eigenvalue weighted by Crippen LogP contribution is -2.19. The Morgan fingerprint density at radius 2 is 1.59 bits per heavy atom. The van der Waals surface area contributed by atoms with Gasteiger partial charge in [-0.15, -0.1) is 0 Å². The monoisotopic (exact) mass is 683 g/mol. The van der Waals surface area contributed by atoms with Gasteiger partial charge in [0.05, 0.1) is 22.3 Å². The number of hydrogen-bond donors (Lipinski definition) is 2. The van der Waals surface area contributed by atoms with Gasteiger partial charge in [0, 0.05) is 36.0 Å². The molecule has 0 atom stereocenters. The molecule has 0 aliphatic carbocycles. The van der Waals surface area contributed by atoms with Gasteiger partial charge in [-0.2, -0.15) is 5.10 Å². The van der Waals surface area contributed by atoms with Crippen LogP contribution in [0.1, 0.15) is 26.4 Å². The minimum atomic E-state index is -0.516. The van der Waals surface area contributed by atoms with Crippen LogP contribution in [0.2, 0.25) is 10.0 Å². The predicted octanol–water partition coefficient (Wildman–Crippen LogP) is 8.65. The smallest absolute Gasteiger partial charge is 0.343 e. The van der Waals surface area contributed by atoms with Gasteiger partial charge >= 0.3 is 5.97 Å². The number of amides is 1. The minimum absolute atomic E-state index is 0.241. The van der Waals surface area contributed by atoms with Crippen LogP contribution in [0, 0.1) is 0 Å². The third kappa shape index (κ3) is 5.94. The number of carbonyl (C=O) groups is 2. The lowest BCUT2D eigenvalue weighted by atomic mass is 10.0. The molecule has 0 unspecified atom stereocenters. The molecule has 6 nitrogen and oxygen atoms in total. The van der Waals surface area contributed by atoms with Crippen molar-refractivity contribution < 1.29 is 14.3 Å². The summed E-state index contributed by atoms with van der Waals surface area (Å²) >= 11 is 19.8. The highest BCUT2D eigenvalue weighted by Crippen LogP contribution is 2.40. The highest BCUT2D eigenvalue weighted by molar-refractivity contribution is 9.10. The van der Waals surface area contributed by atoms with E-state index in [0.717, 1.165) is 14.3 Å². The van der Waals surface area contributed by atoms with Crippen molar-refractivity contribution >= 4 is 84.1 Å². The number of H-pyrrole nitrogens is 1. The summed E-state index contributed by atoms with van der Waals surface area (Å²) in [6.45, 7) is 0. The van der Waals surface area contributed by atoms with Crippen LogP contribution < -0.4 is 10.2 Å². The average Bonchev–Trinajstić information content (AvgIpc) is 3.30. The van der Waals surface area contributed by atoms with Crippen molar-refractivity contribution in [2.24, 2.45) is 5.10 Å². The highest BCUT2D eigenvalue weighted by Gasteiger charge is 2.22. The van der Waals surface area contributed by atoms with E-state index in [1.165, 1.54) is 6.21 Å². The van der Waals surface area contributed by atoms with Gasteiger partial charge in [0.1, 0.15) is 11.4 Å². The van der Waals surface area contributed by atoms with E-state index in [0.29, 0.717) is 43.6 Å². The minimum Gasteiger partial charge on any atom is -0.422 e. The first kappa shape index (κ1) is 27.1. The Labute approximate surface area is 250 Å². The molecule has 2 N–H and O–H groups in total. The summed E-state index contributed by atoms with van der Waals surface area (Å²) in [5.41, 5.74) is 5.53. The number of ether oxygens (including phenoxy) is 1. The van der Waals surface area contributed by atoms with Gasteiger partial charge in [-0.3, -0.25) is 4.79 Å². The fourth-order valence-corrected chi connectivity index (χ4v) is 5.33. The Morgan fingerprint density at radius 3 is 2.36 bits per heavy atom. The molecule has 1 amide bonds. The third-order valence-corrected chi connectivity index (χ3v) is 7.38. The molecule has 39 heavy (non-hydrogen) atoms. The first-order valence-corrected chi connectivity index (χ1v) is 13.8. The Hall–Kier alpha value is -3.43. The second kappa shape index (κ2) is 11.8. The van der Waals surface area contributed by atoms with Crippen molar-refractivity contribution in [2.45, 2.75) is 0 Å². The Morgan fingerprint density at radius 1 is 0.872 bits per heavy atom. The van der Waals surface area contributed by atoms with Crippen LogP contribution in [0.5, 0.6) is 5.75 Å². The SMILES string of the molecule is O=C(Oc1ccccc1C=NNC(=O)c1[nH]c2c(Cl)cc(Br)cc2c1-c1ccccc1Cl)c1ccc(Br)cc1. The molecule has 194 valence electrons. The van der Waals surface area contributed by atoms with Crippen molar-refractivity contribution in [3.05, 3.63) is 121 Å². The van der Waals surface area contributed by atoms with Gasteiger partial charge in [-0.1, -0.05) is 85.4 Å². The number of para-hydroxylation sites is 1. The quantitative estimate of drug-likeness (QED) is 0.0812. The summed E-state index contributed by atoms with van der Waals surface area (Å²) in [5.74, 6) is -0.728. The van der Waals surface area contributed by atoms with Crippen molar-refractivity contribution in [3.8, 4) is 16.9 Å². The number of benzene rings is 4. The first-order valence-electron chi connectivity index (χ1n) is 11.5. The maximum absolute atomic E-state index is 13.3. The van der Waals surface area contributed by atoms with Gasteiger partial charge < -0.3 is 9.72 Å². The molecule has 0 radical (unpaired) electrons. The van der Waals surface area contributed by atoms with Gasteiger partial charge in [0.15, 0.2) is 0 Å². The van der Waals surface area contributed by atoms with Gasteiger partial charge in [0.2, 0.25) is 0 Å². The zero-order valence-electron chi connectivity index (χ0n) is 19.8. The summed E-state index contributed by atoms with van der Waals surface area (Å²) in [7, 11) is 0. The molecule has 0 saturated carbocycles. The average molecular weight is 686 g/mol. The molecule has 0 aliphatic rings. The van der Waals surface area contributed by atoms with Crippen LogP contribution >= 0.6 is 55.1 Å². The molecule has 5 aromatic rings. The maximum atomic E-state index is 13.3. The zero-order chi connectivity index (χ0) is 27.5. The zero-order valence-corrected chi connectivity index (χ0v) is 24.5. The predicted molar refractivity (Wildman–Crippen MR) is 162 cm³/mol. The van der Waals surface area contributed by atoms with Gasteiger partial charge in [-0.05, 0) is 54.6 Å². The summed E-state index contributed by atoms with van der Waals surface area (Å²) in [4.78, 5) is 29.1. The lowest BCUT2D eigenvalue weighted by molar-refractivity contribution is 0.0734. The summed E-state index contributed by atoms with van der Waals surface area (Å²) < 4.78 is 7.18. The van der Waals surface area contributed by atoms with Crippen LogP contribution in [-0.2, 0) is 0 Å². The topological polar surface area (TPSA) is 83.5 Å². The first-order chi connectivity index (χ1) is 18.8. The normalized spacial score (nSPS) is 11.2. The van der Waals surface area contributed by atoms with E-state index in [1.807, 2.05) is 24.3 Å². The number of hydrogen-bond acceptors (Lipinski definition) is 4. The molecule has 0 spiro atoms. The fraction of sp³-hybridized carbons (Fsp3) is 0. The number of carbonyl (C=O) groups excluding carboxylic acids is 2. The third-order valence-electron chi connectivity index (χ3n) is 5.77. The second-order valence-electron chi connectivity index (χ2n) is 8.30. The van der Waals surface area contributed by atoms with E-state index >= 15 is 0 Å². The molecular formula is C29H17Br2Cl2N3O3. The standard InChI is InChI=1S/C29H17Br2Cl2N3O3/c30-18-11-9-16(10-12-18)29(38)39-24-8-4-1-5-17(24)15-34-36-28(37)27-25(20-6-2-3-7-22(20)32)21-13-19(31)14-23(33)26(21)35-27/h1-15,35H,(H,36,37). The molecule has 10 heteroatoms. The number of halogens is 4. The molecule has 5 rings (SSSR count). The van der Waals surface area contributed by atoms with E-state index < -0.39 is 11.9 Å². The number of hydrazone groups is 1. The van der Waals surface area contributed by atoms with Crippen molar-refractivity contribution in [1.82, 2.24) is 10.4 Å². The van der Waals surface area contributed by atoms with Crippen LogP contribution in [0.25, 0.3) is 22.0 Å². The maximum Gasteiger partial charge on any atom is 0.343 e. The summed E-state index contributed by atoms with van der Waals surface area (Å²) in [6, 6.07) is 24.5. The van der Waals surface area contributed by atoms with Crippen LogP contribution in [0.4, 0.5) is 0 Å². The summed E-state index contributed by atoms with van der Waals surface area (Å²) in [5, 5.41) is 5.77. The number of nitrogens with zero attached hydrogens (tertiary/aromatic N) is 1. The van der Waals surface area contributed by atoms with Gasteiger partial charge in [-0.25, -0.2) is 10.2 Å². The highest BCUT2D eigenvalue weighted by atomic mass is 79.9. The number of nitrogens with one attached hydrogen (secondary N) is 2. The molecule has 1 heterocycles. The molecule has 1 aromatic heterocycles. The molecule has 0 fully saturated rings. The Kier molecular flexibility index (Phi) is 8.18. The number of fused-ring (bicyclic) bond motifs is 1. The number of aromatic nitrogens is 1. The van der Waals surface area contributed by atoms with Crippen molar-refractivity contribution in [1.29, 1.82) is 0 Å². The molecule has 4 aromatic carbocycles. The number of aromatic amines is 1. The molecule has 0 aliphatic heterocycles. The van der Waals surface area contributed by atoms with E-state index in [4.69, 9.17) is 27.9 Å². The summed E-state index contributed by atoms with van der Waals surface area (Å²) in [6.07, 6.45) is 1.41. The van der Waals surface area contributed by atoms with Gasteiger partial charge in [0.25, 0.3) is 5.91 Å². The van der Waals surface area contributed by atoms with E-state index in [1.54, 1.807) is 60.7 Å². The molecule has 0 saturated heterocycles. The number of esters is 1. The Bertz CT molecular complexity index is 1750. The Balaban J connectivity index is 1.43. The molecule has 0 bridgehead atoms. The van der Waals surface area contributed by atoms with Crippen molar-refractivity contribution in [3.63, 3.8) is 0 Å². The second-order valence-corrected chi connectivity index (χ2v) is 10.9. The lowest BCUT2D eigenvalue weighted by Gasteiger charge is -2.08.